The minimum Gasteiger partial charge on any atom is -0.389 e. The van der Waals surface area contributed by atoms with Gasteiger partial charge < -0.3 is 9.84 Å². The normalized spacial score (nSPS) is 35.9. The Morgan fingerprint density at radius 2 is 2.36 bits per heavy atom. The third-order valence-electron chi connectivity index (χ3n) is 2.03. The van der Waals surface area contributed by atoms with Crippen LogP contribution in [0, 0.1) is 11.3 Å². The number of ether oxygens (including phenoxy) is 1. The minimum atomic E-state index is -0.741. The third kappa shape index (κ3) is 1.92. The van der Waals surface area contributed by atoms with Crippen molar-refractivity contribution < 1.29 is 9.84 Å². The zero-order valence-corrected chi connectivity index (χ0v) is 6.71. The lowest BCUT2D eigenvalue weighted by molar-refractivity contribution is -0.134. The molecular formula is C8H13NO2. The summed E-state index contributed by atoms with van der Waals surface area (Å²) in [5.41, 5.74) is -0.741. The van der Waals surface area contributed by atoms with E-state index in [-0.39, 0.29) is 12.5 Å². The minimum absolute atomic E-state index is 0.179. The first-order chi connectivity index (χ1) is 5.20. The number of hydrogen-bond acceptors (Lipinski definition) is 3. The fourth-order valence-corrected chi connectivity index (χ4v) is 1.43. The van der Waals surface area contributed by atoms with Gasteiger partial charge in [-0.3, -0.25) is 0 Å². The monoisotopic (exact) mass is 155 g/mol. The lowest BCUT2D eigenvalue weighted by Crippen LogP contribution is -2.48. The molecule has 0 atom stereocenters. The van der Waals surface area contributed by atoms with Gasteiger partial charge in [0.25, 0.3) is 0 Å². The molecule has 11 heavy (non-hydrogen) atoms. The van der Waals surface area contributed by atoms with E-state index in [0.717, 1.165) is 0 Å². The molecule has 1 aliphatic carbocycles. The fourth-order valence-electron chi connectivity index (χ4n) is 1.43. The van der Waals surface area contributed by atoms with Crippen molar-refractivity contribution in [3.63, 3.8) is 0 Å². The number of hydrogen-bond donors (Lipinski definition) is 1. The fraction of sp³-hybridized carbons (Fsp3) is 0.875. The van der Waals surface area contributed by atoms with E-state index in [0.29, 0.717) is 19.4 Å². The summed E-state index contributed by atoms with van der Waals surface area (Å²) in [4.78, 5) is 0. The van der Waals surface area contributed by atoms with E-state index in [2.05, 4.69) is 0 Å². The molecule has 1 fully saturated rings. The maximum Gasteiger partial charge on any atom is 0.0826 e. The van der Waals surface area contributed by atoms with Crippen LogP contribution in [0.1, 0.15) is 26.2 Å². The Morgan fingerprint density at radius 3 is 2.82 bits per heavy atom. The first kappa shape index (κ1) is 8.51. The zero-order valence-electron chi connectivity index (χ0n) is 6.71. The van der Waals surface area contributed by atoms with Crippen molar-refractivity contribution in [1.29, 1.82) is 5.26 Å². The molecule has 1 N–H and O–H groups in total. The van der Waals surface area contributed by atoms with Gasteiger partial charge in [-0.25, -0.2) is 0 Å². The van der Waals surface area contributed by atoms with Crippen molar-refractivity contribution in [2.75, 3.05) is 6.61 Å². The first-order valence-corrected chi connectivity index (χ1v) is 3.91. The topological polar surface area (TPSA) is 53.2 Å². The van der Waals surface area contributed by atoms with Gasteiger partial charge in [0.1, 0.15) is 0 Å². The van der Waals surface area contributed by atoms with Gasteiger partial charge in [0.2, 0.25) is 0 Å². The van der Waals surface area contributed by atoms with Crippen LogP contribution < -0.4 is 0 Å². The molecule has 0 aromatic heterocycles. The maximum atomic E-state index is 9.50. The Labute approximate surface area is 66.6 Å². The van der Waals surface area contributed by atoms with Crippen LogP contribution in [0.25, 0.3) is 0 Å². The van der Waals surface area contributed by atoms with Crippen molar-refractivity contribution in [2.24, 2.45) is 0 Å². The quantitative estimate of drug-likeness (QED) is 0.656. The Hall–Kier alpha value is -0.590. The molecule has 3 nitrogen and oxygen atoms in total. The van der Waals surface area contributed by atoms with Crippen molar-refractivity contribution in [3.05, 3.63) is 0 Å². The Bertz CT molecular complexity index is 167. The second-order valence-electron chi connectivity index (χ2n) is 3.04. The van der Waals surface area contributed by atoms with Gasteiger partial charge in [-0.2, -0.15) is 5.26 Å². The van der Waals surface area contributed by atoms with Gasteiger partial charge in [0.05, 0.1) is 24.2 Å². The summed E-state index contributed by atoms with van der Waals surface area (Å²) in [6.45, 7) is 2.62. The lowest BCUT2D eigenvalue weighted by atomic mass is 9.75. The largest absolute Gasteiger partial charge is 0.389 e. The van der Waals surface area contributed by atoms with Crippen LogP contribution in [0.3, 0.4) is 0 Å². The first-order valence-electron chi connectivity index (χ1n) is 3.91. The maximum absolute atomic E-state index is 9.50. The summed E-state index contributed by atoms with van der Waals surface area (Å²) in [5.74, 6) is 0. The summed E-state index contributed by atoms with van der Waals surface area (Å²) in [6, 6.07) is 1.97. The summed E-state index contributed by atoms with van der Waals surface area (Å²) >= 11 is 0. The zero-order chi connectivity index (χ0) is 8.32. The third-order valence-corrected chi connectivity index (χ3v) is 2.03. The molecule has 0 saturated heterocycles. The molecule has 3 heteroatoms. The lowest BCUT2D eigenvalue weighted by Gasteiger charge is -2.41. The van der Waals surface area contributed by atoms with Crippen molar-refractivity contribution >= 4 is 0 Å². The number of nitrogens with zero attached hydrogens (tertiary/aromatic N) is 1. The molecule has 1 saturated carbocycles. The van der Waals surface area contributed by atoms with E-state index in [1.54, 1.807) is 0 Å². The Morgan fingerprint density at radius 1 is 1.73 bits per heavy atom. The van der Waals surface area contributed by atoms with E-state index in [1.165, 1.54) is 0 Å². The molecule has 0 radical (unpaired) electrons. The SMILES string of the molecule is CCOC1CC(O)(CC#N)C1. The van der Waals surface area contributed by atoms with Crippen LogP contribution in [0.4, 0.5) is 0 Å². The Balaban J connectivity index is 2.22. The van der Waals surface area contributed by atoms with Gasteiger partial charge >= 0.3 is 0 Å². The second-order valence-corrected chi connectivity index (χ2v) is 3.04. The molecule has 62 valence electrons. The van der Waals surface area contributed by atoms with E-state index in [4.69, 9.17) is 10.00 Å². The molecule has 0 unspecified atom stereocenters. The standard InChI is InChI=1S/C8H13NO2/c1-2-11-7-5-8(10,6-7)3-4-9/h7,10H,2-3,5-6H2,1H3. The summed E-state index contributed by atoms with van der Waals surface area (Å²) < 4.78 is 5.25. The number of nitriles is 1. The van der Waals surface area contributed by atoms with Crippen molar-refractivity contribution in [3.8, 4) is 6.07 Å². The van der Waals surface area contributed by atoms with Crippen LogP contribution in [0.15, 0.2) is 0 Å². The van der Waals surface area contributed by atoms with Crippen LogP contribution in [0.2, 0.25) is 0 Å². The molecule has 1 aliphatic rings. The summed E-state index contributed by atoms with van der Waals surface area (Å²) in [5, 5.41) is 17.8. The molecule has 0 aromatic carbocycles. The Kier molecular flexibility index (Phi) is 2.48. The number of rotatable bonds is 3. The molecule has 0 aromatic rings. The van der Waals surface area contributed by atoms with Crippen molar-refractivity contribution in [1.82, 2.24) is 0 Å². The highest BCUT2D eigenvalue weighted by Crippen LogP contribution is 2.36. The average molecular weight is 155 g/mol. The van der Waals surface area contributed by atoms with Gasteiger partial charge in [-0.05, 0) is 6.92 Å². The number of aliphatic hydroxyl groups is 1. The van der Waals surface area contributed by atoms with E-state index < -0.39 is 5.60 Å². The van der Waals surface area contributed by atoms with Gasteiger partial charge in [0.15, 0.2) is 0 Å². The van der Waals surface area contributed by atoms with Crippen LogP contribution >= 0.6 is 0 Å². The van der Waals surface area contributed by atoms with Crippen LogP contribution in [0.5, 0.6) is 0 Å². The molecular weight excluding hydrogens is 142 g/mol. The van der Waals surface area contributed by atoms with Crippen LogP contribution in [-0.2, 0) is 4.74 Å². The molecule has 0 heterocycles. The summed E-state index contributed by atoms with van der Waals surface area (Å²) in [7, 11) is 0. The van der Waals surface area contributed by atoms with Crippen molar-refractivity contribution in [2.45, 2.75) is 37.9 Å². The highest BCUT2D eigenvalue weighted by Gasteiger charge is 2.42. The average Bonchev–Trinajstić information content (AvgIpc) is 1.85. The van der Waals surface area contributed by atoms with Gasteiger partial charge in [-0.15, -0.1) is 0 Å². The van der Waals surface area contributed by atoms with E-state index >= 15 is 0 Å². The van der Waals surface area contributed by atoms with E-state index in [1.807, 2.05) is 13.0 Å². The molecule has 0 amide bonds. The van der Waals surface area contributed by atoms with Crippen LogP contribution in [-0.4, -0.2) is 23.4 Å². The molecule has 1 rings (SSSR count). The van der Waals surface area contributed by atoms with E-state index in [9.17, 15) is 5.11 Å². The smallest absolute Gasteiger partial charge is 0.0826 e. The predicted molar refractivity (Wildman–Crippen MR) is 39.8 cm³/mol. The molecule has 0 bridgehead atoms. The highest BCUT2D eigenvalue weighted by molar-refractivity contribution is 5.00. The highest BCUT2D eigenvalue weighted by atomic mass is 16.5. The molecule has 0 spiro atoms. The van der Waals surface area contributed by atoms with Gasteiger partial charge in [-0.1, -0.05) is 0 Å². The second kappa shape index (κ2) is 3.21. The molecule has 0 aliphatic heterocycles. The predicted octanol–water partition coefficient (Wildman–Crippen LogP) is 0.830. The van der Waals surface area contributed by atoms with Gasteiger partial charge in [0, 0.05) is 19.4 Å². The summed E-state index contributed by atoms with van der Waals surface area (Å²) in [6.07, 6.45) is 1.65.